The molecule has 148 valence electrons. The van der Waals surface area contributed by atoms with Crippen molar-refractivity contribution in [3.05, 3.63) is 41.4 Å². The highest BCUT2D eigenvalue weighted by Gasteiger charge is 2.18. The molecule has 6 nitrogen and oxygen atoms in total. The number of piperazine rings is 1. The first kappa shape index (κ1) is 19.0. The average Bonchev–Trinajstić information content (AvgIpc) is 3.32. The van der Waals surface area contributed by atoms with Gasteiger partial charge in [-0.2, -0.15) is 5.10 Å². The fourth-order valence-corrected chi connectivity index (χ4v) is 4.50. The first-order valence-electron chi connectivity index (χ1n) is 9.73. The number of fused-ring (bicyclic) bond motifs is 1. The summed E-state index contributed by atoms with van der Waals surface area (Å²) in [6.07, 6.45) is 0.959. The van der Waals surface area contributed by atoms with E-state index >= 15 is 0 Å². The number of hydrogen-bond donors (Lipinski definition) is 0. The molecule has 0 N–H and O–H groups in total. The lowest BCUT2D eigenvalue weighted by Gasteiger charge is -2.36. The second kappa shape index (κ2) is 8.32. The molecule has 0 radical (unpaired) electrons. The molecule has 1 saturated heterocycles. The van der Waals surface area contributed by atoms with Crippen molar-refractivity contribution in [3.63, 3.8) is 0 Å². The van der Waals surface area contributed by atoms with E-state index in [1.807, 2.05) is 0 Å². The molecule has 3 heterocycles. The quantitative estimate of drug-likeness (QED) is 0.451. The zero-order valence-electron chi connectivity index (χ0n) is 16.4. The fraction of sp³-hybridized carbons (Fsp3) is 0.429. The molecule has 4 rings (SSSR count). The lowest BCUT2D eigenvalue weighted by Crippen LogP contribution is -2.46. The molecule has 3 aromatic rings. The number of aromatic nitrogens is 2. The third kappa shape index (κ3) is 4.05. The van der Waals surface area contributed by atoms with Crippen LogP contribution >= 0.6 is 11.3 Å². The maximum absolute atomic E-state index is 11.4. The number of benzene rings is 1. The number of carbonyl (C=O) groups is 1. The molecule has 1 aromatic carbocycles. The van der Waals surface area contributed by atoms with Crippen LogP contribution in [-0.2, 0) is 7.05 Å². The van der Waals surface area contributed by atoms with E-state index in [0.717, 1.165) is 39.1 Å². The number of ketones is 1. The molecule has 1 aliphatic rings. The van der Waals surface area contributed by atoms with Crippen LogP contribution in [0.4, 0.5) is 5.69 Å². The summed E-state index contributed by atoms with van der Waals surface area (Å²) in [7, 11) is 1.80. The van der Waals surface area contributed by atoms with Gasteiger partial charge in [0.15, 0.2) is 5.78 Å². The molecule has 0 bridgehead atoms. The van der Waals surface area contributed by atoms with E-state index in [0.29, 0.717) is 18.2 Å². The van der Waals surface area contributed by atoms with Crippen LogP contribution in [0.15, 0.2) is 35.7 Å². The molecule has 0 amide bonds. The molecule has 0 unspecified atom stereocenters. The fourth-order valence-electron chi connectivity index (χ4n) is 3.69. The van der Waals surface area contributed by atoms with Crippen molar-refractivity contribution < 1.29 is 9.53 Å². The Bertz CT molecular complexity index is 956. The van der Waals surface area contributed by atoms with E-state index in [-0.39, 0.29) is 5.78 Å². The molecule has 7 heteroatoms. The maximum atomic E-state index is 11.4. The minimum atomic E-state index is -0.0403. The number of carbonyl (C=O) groups excluding carboxylic acids is 1. The van der Waals surface area contributed by atoms with Gasteiger partial charge in [-0.15, -0.1) is 11.3 Å². The van der Waals surface area contributed by atoms with Crippen molar-refractivity contribution in [2.75, 3.05) is 44.2 Å². The Balaban J connectivity index is 1.23. The van der Waals surface area contributed by atoms with Gasteiger partial charge in [-0.1, -0.05) is 6.07 Å². The van der Waals surface area contributed by atoms with Crippen LogP contribution in [0.2, 0.25) is 0 Å². The van der Waals surface area contributed by atoms with Crippen LogP contribution in [0.25, 0.3) is 10.1 Å². The normalized spacial score (nSPS) is 15.3. The number of Topliss-reactive ketones (excluding diaryl/α,β-unsaturated/α-hetero) is 1. The molecule has 0 saturated carbocycles. The molecule has 2 aromatic heterocycles. The minimum absolute atomic E-state index is 0.0403. The van der Waals surface area contributed by atoms with Gasteiger partial charge in [0.05, 0.1) is 6.61 Å². The van der Waals surface area contributed by atoms with Crippen molar-refractivity contribution in [1.82, 2.24) is 14.7 Å². The number of thiophene rings is 1. The molecule has 0 aliphatic carbocycles. The number of ether oxygens (including phenoxy) is 1. The van der Waals surface area contributed by atoms with Crippen molar-refractivity contribution in [2.45, 2.75) is 13.3 Å². The highest BCUT2D eigenvalue weighted by molar-refractivity contribution is 7.17. The Morgan fingerprint density at radius 1 is 1.21 bits per heavy atom. The lowest BCUT2D eigenvalue weighted by molar-refractivity contribution is 0.101. The van der Waals surface area contributed by atoms with E-state index in [9.17, 15) is 4.79 Å². The SMILES string of the molecule is CC(=O)c1cc(OCCCN2CCN(c3cccc4sccc34)CC2)n(C)n1. The zero-order chi connectivity index (χ0) is 19.5. The second-order valence-electron chi connectivity index (χ2n) is 7.19. The predicted molar refractivity (Wildman–Crippen MR) is 114 cm³/mol. The first-order valence-corrected chi connectivity index (χ1v) is 10.6. The van der Waals surface area contributed by atoms with Crippen molar-refractivity contribution in [1.29, 1.82) is 0 Å². The van der Waals surface area contributed by atoms with Crippen LogP contribution in [0.5, 0.6) is 5.88 Å². The molecule has 0 spiro atoms. The Hall–Kier alpha value is -2.38. The third-order valence-corrected chi connectivity index (χ3v) is 6.13. The first-order chi connectivity index (χ1) is 13.6. The topological polar surface area (TPSA) is 50.6 Å². The van der Waals surface area contributed by atoms with Gasteiger partial charge in [0.1, 0.15) is 5.69 Å². The Labute approximate surface area is 169 Å². The van der Waals surface area contributed by atoms with Gasteiger partial charge in [0.25, 0.3) is 0 Å². The molecule has 1 aliphatic heterocycles. The van der Waals surface area contributed by atoms with E-state index in [1.54, 1.807) is 29.1 Å². The van der Waals surface area contributed by atoms with Crippen molar-refractivity contribution >= 4 is 32.9 Å². The number of hydrogen-bond acceptors (Lipinski definition) is 6. The Kier molecular flexibility index (Phi) is 5.64. The van der Waals surface area contributed by atoms with Gasteiger partial charge in [-0.25, -0.2) is 4.68 Å². The summed E-state index contributed by atoms with van der Waals surface area (Å²) in [6, 6.07) is 10.5. The van der Waals surface area contributed by atoms with Gasteiger partial charge in [0.2, 0.25) is 5.88 Å². The number of rotatable bonds is 7. The maximum Gasteiger partial charge on any atom is 0.212 e. The Morgan fingerprint density at radius 3 is 2.79 bits per heavy atom. The van der Waals surface area contributed by atoms with Crippen LogP contribution in [0, 0.1) is 0 Å². The van der Waals surface area contributed by atoms with E-state index in [2.05, 4.69) is 44.5 Å². The second-order valence-corrected chi connectivity index (χ2v) is 8.14. The summed E-state index contributed by atoms with van der Waals surface area (Å²) in [5, 5.41) is 7.70. The van der Waals surface area contributed by atoms with Crippen LogP contribution in [0.3, 0.4) is 0 Å². The summed E-state index contributed by atoms with van der Waals surface area (Å²) < 4.78 is 8.79. The predicted octanol–water partition coefficient (Wildman–Crippen LogP) is 3.43. The largest absolute Gasteiger partial charge is 0.478 e. The van der Waals surface area contributed by atoms with E-state index < -0.39 is 0 Å². The van der Waals surface area contributed by atoms with Crippen LogP contribution < -0.4 is 9.64 Å². The highest BCUT2D eigenvalue weighted by atomic mass is 32.1. The molecule has 1 fully saturated rings. The lowest BCUT2D eigenvalue weighted by atomic mass is 10.2. The van der Waals surface area contributed by atoms with Crippen molar-refractivity contribution in [3.8, 4) is 5.88 Å². The van der Waals surface area contributed by atoms with Gasteiger partial charge >= 0.3 is 0 Å². The van der Waals surface area contributed by atoms with E-state index in [1.165, 1.54) is 22.7 Å². The summed E-state index contributed by atoms with van der Waals surface area (Å²) in [5.41, 5.74) is 1.81. The average molecular weight is 399 g/mol. The van der Waals surface area contributed by atoms with Crippen molar-refractivity contribution in [2.24, 2.45) is 7.05 Å². The molecular formula is C21H26N4O2S. The van der Waals surface area contributed by atoms with Crippen LogP contribution in [-0.4, -0.2) is 59.8 Å². The zero-order valence-corrected chi connectivity index (χ0v) is 17.2. The summed E-state index contributed by atoms with van der Waals surface area (Å²) >= 11 is 1.81. The molecular weight excluding hydrogens is 372 g/mol. The van der Waals surface area contributed by atoms with E-state index in [4.69, 9.17) is 4.74 Å². The number of aryl methyl sites for hydroxylation is 1. The number of anilines is 1. The monoisotopic (exact) mass is 398 g/mol. The molecule has 0 atom stereocenters. The highest BCUT2D eigenvalue weighted by Crippen LogP contribution is 2.31. The smallest absolute Gasteiger partial charge is 0.212 e. The van der Waals surface area contributed by atoms with Gasteiger partial charge < -0.3 is 9.64 Å². The minimum Gasteiger partial charge on any atom is -0.478 e. The van der Waals surface area contributed by atoms with Gasteiger partial charge in [-0.05, 0) is 30.0 Å². The third-order valence-electron chi connectivity index (χ3n) is 5.25. The van der Waals surface area contributed by atoms with Crippen LogP contribution in [0.1, 0.15) is 23.8 Å². The van der Waals surface area contributed by atoms with Gasteiger partial charge in [0, 0.05) is 68.5 Å². The summed E-state index contributed by atoms with van der Waals surface area (Å²) in [4.78, 5) is 16.4. The molecule has 28 heavy (non-hydrogen) atoms. The summed E-state index contributed by atoms with van der Waals surface area (Å²) in [6.45, 7) is 7.42. The Morgan fingerprint density at radius 2 is 2.04 bits per heavy atom. The van der Waals surface area contributed by atoms with Gasteiger partial charge in [-0.3, -0.25) is 9.69 Å². The summed E-state index contributed by atoms with van der Waals surface area (Å²) in [5.74, 6) is 0.611. The standard InChI is InChI=1S/C21H26N4O2S/c1-16(26)18-15-21(23(2)22-18)27-13-4-8-24-9-11-25(12-10-24)19-5-3-6-20-17(19)7-14-28-20/h3,5-7,14-15H,4,8-13H2,1-2H3. The number of nitrogens with zero attached hydrogens (tertiary/aromatic N) is 4.